The molecule has 0 aromatic heterocycles. The molecule has 1 N–H and O–H groups in total. The maximum Gasteiger partial charge on any atom is 0.123 e. The van der Waals surface area contributed by atoms with Gasteiger partial charge in [0.1, 0.15) is 5.82 Å². The Hall–Kier alpha value is -1.44. The Morgan fingerprint density at radius 1 is 1.24 bits per heavy atom. The molecule has 2 fully saturated rings. The summed E-state index contributed by atoms with van der Waals surface area (Å²) in [6.45, 7) is 3.90. The summed E-state index contributed by atoms with van der Waals surface area (Å²) in [5.41, 5.74) is 1.40. The largest absolute Gasteiger partial charge is 0.314 e. The second-order valence-electron chi connectivity index (χ2n) is 6.32. The molecule has 1 aromatic carbocycles. The number of nitriles is 1. The van der Waals surface area contributed by atoms with Crippen LogP contribution in [0.25, 0.3) is 0 Å². The zero-order valence-corrected chi connectivity index (χ0v) is 12.3. The van der Waals surface area contributed by atoms with E-state index >= 15 is 0 Å². The Morgan fingerprint density at radius 2 is 2.00 bits per heavy atom. The van der Waals surface area contributed by atoms with Gasteiger partial charge in [-0.1, -0.05) is 0 Å². The quantitative estimate of drug-likeness (QED) is 0.905. The summed E-state index contributed by atoms with van der Waals surface area (Å²) >= 11 is 0. The predicted molar refractivity (Wildman–Crippen MR) is 80.1 cm³/mol. The molecule has 1 saturated carbocycles. The lowest BCUT2D eigenvalue weighted by Gasteiger charge is -2.32. The molecule has 2 aliphatic rings. The van der Waals surface area contributed by atoms with Crippen molar-refractivity contribution in [2.75, 3.05) is 19.6 Å². The Bertz CT molecular complexity index is 525. The number of hydrogen-bond acceptors (Lipinski definition) is 3. The van der Waals surface area contributed by atoms with Gasteiger partial charge in [0.2, 0.25) is 0 Å². The molecule has 0 spiro atoms. The van der Waals surface area contributed by atoms with Crippen LogP contribution >= 0.6 is 0 Å². The highest BCUT2D eigenvalue weighted by atomic mass is 19.1. The van der Waals surface area contributed by atoms with Crippen LogP contribution in [0.5, 0.6) is 0 Å². The highest BCUT2D eigenvalue weighted by Gasteiger charge is 2.24. The van der Waals surface area contributed by atoms with E-state index in [2.05, 4.69) is 16.3 Å². The average molecular weight is 287 g/mol. The predicted octanol–water partition coefficient (Wildman–Crippen LogP) is 2.66. The fraction of sp³-hybridized carbons (Fsp3) is 0.588. The summed E-state index contributed by atoms with van der Waals surface area (Å²) in [4.78, 5) is 2.34. The van der Waals surface area contributed by atoms with E-state index in [1.165, 1.54) is 37.8 Å². The maximum absolute atomic E-state index is 13.3. The summed E-state index contributed by atoms with van der Waals surface area (Å²) in [5.74, 6) is 0.511. The fourth-order valence-electron chi connectivity index (χ4n) is 3.01. The first kappa shape index (κ1) is 14.5. The van der Waals surface area contributed by atoms with Crippen LogP contribution in [0.15, 0.2) is 18.2 Å². The molecule has 0 radical (unpaired) electrons. The van der Waals surface area contributed by atoms with Gasteiger partial charge in [-0.05, 0) is 75.0 Å². The summed E-state index contributed by atoms with van der Waals surface area (Å²) in [6.07, 6.45) is 5.07. The van der Waals surface area contributed by atoms with Crippen LogP contribution < -0.4 is 5.32 Å². The Morgan fingerprint density at radius 3 is 2.67 bits per heavy atom. The Labute approximate surface area is 125 Å². The molecule has 21 heavy (non-hydrogen) atoms. The molecular formula is C17H22FN3. The summed E-state index contributed by atoms with van der Waals surface area (Å²) in [6, 6.07) is 7.38. The monoisotopic (exact) mass is 287 g/mol. The molecule has 1 aliphatic heterocycles. The molecule has 0 bridgehead atoms. The minimum absolute atomic E-state index is 0.257. The van der Waals surface area contributed by atoms with Crippen LogP contribution in [-0.2, 0) is 6.54 Å². The molecule has 1 aliphatic carbocycles. The molecular weight excluding hydrogens is 265 g/mol. The Balaban J connectivity index is 1.50. The molecule has 1 aromatic rings. The van der Waals surface area contributed by atoms with Crippen molar-refractivity contribution in [1.82, 2.24) is 10.2 Å². The first-order valence-electron chi connectivity index (χ1n) is 7.89. The van der Waals surface area contributed by atoms with Crippen molar-refractivity contribution in [2.24, 2.45) is 5.92 Å². The zero-order chi connectivity index (χ0) is 14.7. The van der Waals surface area contributed by atoms with Crippen molar-refractivity contribution in [2.45, 2.75) is 38.3 Å². The van der Waals surface area contributed by atoms with E-state index in [-0.39, 0.29) is 5.82 Å². The number of piperidine rings is 1. The summed E-state index contributed by atoms with van der Waals surface area (Å²) < 4.78 is 13.3. The third-order valence-electron chi connectivity index (χ3n) is 4.56. The number of benzene rings is 1. The normalized spacial score (nSPS) is 20.4. The van der Waals surface area contributed by atoms with E-state index in [1.54, 1.807) is 6.07 Å². The number of nitrogens with one attached hydrogen (secondary N) is 1. The van der Waals surface area contributed by atoms with Crippen molar-refractivity contribution >= 4 is 0 Å². The van der Waals surface area contributed by atoms with E-state index in [0.29, 0.717) is 12.1 Å². The lowest BCUT2D eigenvalue weighted by molar-refractivity contribution is 0.175. The Kier molecular flexibility index (Phi) is 4.52. The van der Waals surface area contributed by atoms with Gasteiger partial charge in [-0.3, -0.25) is 4.90 Å². The molecule has 0 unspecified atom stereocenters. The third kappa shape index (κ3) is 4.03. The highest BCUT2D eigenvalue weighted by molar-refractivity contribution is 5.37. The molecule has 112 valence electrons. The van der Waals surface area contributed by atoms with Crippen molar-refractivity contribution in [3.63, 3.8) is 0 Å². The number of nitrogens with zero attached hydrogens (tertiary/aromatic N) is 2. The molecule has 0 atom stereocenters. The molecule has 1 heterocycles. The molecule has 1 saturated heterocycles. The van der Waals surface area contributed by atoms with Gasteiger partial charge in [0, 0.05) is 12.6 Å². The second kappa shape index (κ2) is 6.55. The number of rotatable bonds is 5. The van der Waals surface area contributed by atoms with Crippen molar-refractivity contribution < 1.29 is 4.39 Å². The van der Waals surface area contributed by atoms with Crippen LogP contribution in [0.3, 0.4) is 0 Å². The van der Waals surface area contributed by atoms with Gasteiger partial charge in [0.25, 0.3) is 0 Å². The van der Waals surface area contributed by atoms with Crippen molar-refractivity contribution in [3.8, 4) is 6.07 Å². The SMILES string of the molecule is N#Cc1ccc(F)cc1CN1CCC(CNC2CC2)CC1. The fourth-order valence-corrected chi connectivity index (χ4v) is 3.01. The van der Waals surface area contributed by atoms with Crippen LogP contribution in [-0.4, -0.2) is 30.6 Å². The lowest BCUT2D eigenvalue weighted by Crippen LogP contribution is -2.37. The van der Waals surface area contributed by atoms with Crippen LogP contribution in [0, 0.1) is 23.1 Å². The molecule has 3 nitrogen and oxygen atoms in total. The highest BCUT2D eigenvalue weighted by Crippen LogP contribution is 2.23. The molecule has 4 heteroatoms. The van der Waals surface area contributed by atoms with Gasteiger partial charge in [-0.2, -0.15) is 5.26 Å². The van der Waals surface area contributed by atoms with Crippen LogP contribution in [0.4, 0.5) is 4.39 Å². The zero-order valence-electron chi connectivity index (χ0n) is 12.3. The van der Waals surface area contributed by atoms with Crippen LogP contribution in [0.1, 0.15) is 36.8 Å². The average Bonchev–Trinajstić information content (AvgIpc) is 3.31. The van der Waals surface area contributed by atoms with Gasteiger partial charge in [-0.25, -0.2) is 4.39 Å². The first-order chi connectivity index (χ1) is 10.2. The first-order valence-corrected chi connectivity index (χ1v) is 7.89. The van der Waals surface area contributed by atoms with E-state index in [4.69, 9.17) is 5.26 Å². The second-order valence-corrected chi connectivity index (χ2v) is 6.32. The van der Waals surface area contributed by atoms with Gasteiger partial charge in [0.05, 0.1) is 11.6 Å². The van der Waals surface area contributed by atoms with E-state index in [1.807, 2.05) is 0 Å². The third-order valence-corrected chi connectivity index (χ3v) is 4.56. The minimum Gasteiger partial charge on any atom is -0.314 e. The standard InChI is InChI=1S/C17H22FN3/c18-16-2-1-14(10-19)15(9-16)12-21-7-5-13(6-8-21)11-20-17-3-4-17/h1-2,9,13,17,20H,3-8,11-12H2. The molecule has 3 rings (SSSR count). The van der Waals surface area contributed by atoms with Gasteiger partial charge >= 0.3 is 0 Å². The van der Waals surface area contributed by atoms with Gasteiger partial charge < -0.3 is 5.32 Å². The number of hydrogen-bond donors (Lipinski definition) is 1. The lowest BCUT2D eigenvalue weighted by atomic mass is 9.96. The smallest absolute Gasteiger partial charge is 0.123 e. The van der Waals surface area contributed by atoms with Gasteiger partial charge in [-0.15, -0.1) is 0 Å². The van der Waals surface area contributed by atoms with Crippen LogP contribution in [0.2, 0.25) is 0 Å². The van der Waals surface area contributed by atoms with E-state index in [9.17, 15) is 4.39 Å². The van der Waals surface area contributed by atoms with E-state index < -0.39 is 0 Å². The minimum atomic E-state index is -0.257. The number of likely N-dealkylation sites (tertiary alicyclic amines) is 1. The van der Waals surface area contributed by atoms with Crippen molar-refractivity contribution in [3.05, 3.63) is 35.1 Å². The van der Waals surface area contributed by atoms with E-state index in [0.717, 1.165) is 37.2 Å². The van der Waals surface area contributed by atoms with Gasteiger partial charge in [0.15, 0.2) is 0 Å². The molecule has 0 amide bonds. The summed E-state index contributed by atoms with van der Waals surface area (Å²) in [7, 11) is 0. The maximum atomic E-state index is 13.3. The summed E-state index contributed by atoms with van der Waals surface area (Å²) in [5, 5.41) is 12.7. The van der Waals surface area contributed by atoms with Crippen molar-refractivity contribution in [1.29, 1.82) is 5.26 Å². The topological polar surface area (TPSA) is 39.1 Å². The number of halogens is 1.